The molecule has 0 bridgehead atoms. The zero-order valence-corrected chi connectivity index (χ0v) is 14.4. The lowest BCUT2D eigenvalue weighted by atomic mass is 10.0. The van der Waals surface area contributed by atoms with E-state index in [0.717, 1.165) is 12.8 Å². The smallest absolute Gasteiger partial charge is 0.244 e. The molecule has 1 heterocycles. The summed E-state index contributed by atoms with van der Waals surface area (Å²) in [6, 6.07) is 1.67. The highest BCUT2D eigenvalue weighted by atomic mass is 35.5. The van der Waals surface area contributed by atoms with Gasteiger partial charge in [0, 0.05) is 24.7 Å². The maximum absolute atomic E-state index is 12.9. The Morgan fingerprint density at radius 2 is 2.05 bits per heavy atom. The van der Waals surface area contributed by atoms with Crippen molar-refractivity contribution in [3.63, 3.8) is 0 Å². The Hall–Kier alpha value is -0.330. The summed E-state index contributed by atoms with van der Waals surface area (Å²) >= 11 is 12.3. The summed E-state index contributed by atoms with van der Waals surface area (Å²) in [5.41, 5.74) is 1.11. The molecule has 1 fully saturated rings. The molecule has 1 aromatic rings. The number of rotatable bonds is 3. The minimum Gasteiger partial charge on any atom is -0.396 e. The van der Waals surface area contributed by atoms with Gasteiger partial charge in [0.25, 0.3) is 0 Å². The number of aliphatic hydroxyl groups excluding tert-OH is 1. The van der Waals surface area contributed by atoms with Crippen molar-refractivity contribution < 1.29 is 13.5 Å². The first kappa shape index (κ1) is 17.0. The van der Waals surface area contributed by atoms with Gasteiger partial charge in [0.2, 0.25) is 10.0 Å². The van der Waals surface area contributed by atoms with Crippen LogP contribution in [0.3, 0.4) is 0 Å². The maximum Gasteiger partial charge on any atom is 0.244 e. The number of hydrogen-bond donors (Lipinski definition) is 1. The number of piperidine rings is 1. The van der Waals surface area contributed by atoms with Gasteiger partial charge in [0.15, 0.2) is 0 Å². The molecule has 0 radical (unpaired) electrons. The number of halogens is 2. The van der Waals surface area contributed by atoms with Gasteiger partial charge >= 0.3 is 0 Å². The Balaban J connectivity index is 2.50. The zero-order valence-electron chi connectivity index (χ0n) is 12.1. The predicted molar refractivity (Wildman–Crippen MR) is 84.5 cm³/mol. The minimum atomic E-state index is -3.71. The molecule has 0 aromatic heterocycles. The fraction of sp³-hybridized carbons (Fsp3) is 0.571. The SMILES string of the molecule is Cc1cc(Cl)c(C)c(S(=O)(=O)N2CCCC(CO)C2)c1Cl. The van der Waals surface area contributed by atoms with Crippen molar-refractivity contribution >= 4 is 33.2 Å². The molecule has 1 saturated heterocycles. The maximum atomic E-state index is 12.9. The largest absolute Gasteiger partial charge is 0.396 e. The first-order valence-corrected chi connectivity index (χ1v) is 9.04. The van der Waals surface area contributed by atoms with Crippen molar-refractivity contribution in [3.05, 3.63) is 27.2 Å². The summed E-state index contributed by atoms with van der Waals surface area (Å²) < 4.78 is 27.2. The summed E-state index contributed by atoms with van der Waals surface area (Å²) in [5, 5.41) is 9.89. The third-order valence-electron chi connectivity index (χ3n) is 3.93. The van der Waals surface area contributed by atoms with Crippen LogP contribution in [0.25, 0.3) is 0 Å². The van der Waals surface area contributed by atoms with Crippen LogP contribution >= 0.6 is 23.2 Å². The molecule has 0 saturated carbocycles. The number of sulfonamides is 1. The van der Waals surface area contributed by atoms with E-state index in [2.05, 4.69) is 0 Å². The van der Waals surface area contributed by atoms with Gasteiger partial charge in [-0.2, -0.15) is 4.31 Å². The van der Waals surface area contributed by atoms with E-state index < -0.39 is 10.0 Å². The number of aliphatic hydroxyl groups is 1. The average molecular weight is 352 g/mol. The summed E-state index contributed by atoms with van der Waals surface area (Å²) in [6.45, 7) is 4.15. The van der Waals surface area contributed by atoms with Gasteiger partial charge in [-0.25, -0.2) is 8.42 Å². The van der Waals surface area contributed by atoms with Gasteiger partial charge in [-0.3, -0.25) is 0 Å². The molecule has 0 spiro atoms. The summed E-state index contributed by atoms with van der Waals surface area (Å²) in [7, 11) is -3.71. The van der Waals surface area contributed by atoms with Crippen molar-refractivity contribution in [2.45, 2.75) is 31.6 Å². The van der Waals surface area contributed by atoms with E-state index in [1.807, 2.05) is 0 Å². The molecule has 118 valence electrons. The van der Waals surface area contributed by atoms with E-state index in [4.69, 9.17) is 23.2 Å². The molecule has 21 heavy (non-hydrogen) atoms. The third kappa shape index (κ3) is 3.22. The first-order valence-electron chi connectivity index (χ1n) is 6.85. The second-order valence-electron chi connectivity index (χ2n) is 5.50. The fourth-order valence-electron chi connectivity index (χ4n) is 2.64. The number of nitrogens with zero attached hydrogens (tertiary/aromatic N) is 1. The summed E-state index contributed by atoms with van der Waals surface area (Å²) in [4.78, 5) is 0.0905. The number of aryl methyl sites for hydroxylation is 1. The molecule has 4 nitrogen and oxygen atoms in total. The van der Waals surface area contributed by atoms with Gasteiger partial charge in [-0.1, -0.05) is 23.2 Å². The van der Waals surface area contributed by atoms with E-state index in [-0.39, 0.29) is 22.4 Å². The molecule has 1 N–H and O–H groups in total. The van der Waals surface area contributed by atoms with Crippen molar-refractivity contribution in [3.8, 4) is 0 Å². The monoisotopic (exact) mass is 351 g/mol. The highest BCUT2D eigenvalue weighted by molar-refractivity contribution is 7.89. The summed E-state index contributed by atoms with van der Waals surface area (Å²) in [5.74, 6) is -0.0205. The molecule has 7 heteroatoms. The number of benzene rings is 1. The Morgan fingerprint density at radius 1 is 1.38 bits per heavy atom. The van der Waals surface area contributed by atoms with Crippen molar-refractivity contribution in [1.82, 2.24) is 4.31 Å². The fourth-order valence-corrected chi connectivity index (χ4v) is 5.37. The van der Waals surface area contributed by atoms with Crippen LogP contribution in [0.5, 0.6) is 0 Å². The van der Waals surface area contributed by atoms with Gasteiger partial charge in [0.1, 0.15) is 4.90 Å². The Kier molecular flexibility index (Phi) is 5.21. The Labute approximate surface area is 135 Å². The molecule has 2 rings (SSSR count). The molecular formula is C14H19Cl2NO3S. The van der Waals surface area contributed by atoms with Crippen LogP contribution in [-0.4, -0.2) is 37.5 Å². The second kappa shape index (κ2) is 6.42. The predicted octanol–water partition coefficient (Wildman–Crippen LogP) is 3.00. The van der Waals surface area contributed by atoms with Crippen LogP contribution < -0.4 is 0 Å². The molecule has 1 aliphatic rings. The normalized spacial score (nSPS) is 20.7. The average Bonchev–Trinajstić information content (AvgIpc) is 2.45. The van der Waals surface area contributed by atoms with E-state index in [0.29, 0.717) is 29.2 Å². The third-order valence-corrected chi connectivity index (χ3v) is 6.95. The van der Waals surface area contributed by atoms with Crippen LogP contribution in [-0.2, 0) is 10.0 Å². The zero-order chi connectivity index (χ0) is 15.8. The van der Waals surface area contributed by atoms with Gasteiger partial charge in [-0.15, -0.1) is 0 Å². The van der Waals surface area contributed by atoms with Crippen LogP contribution in [0.4, 0.5) is 0 Å². The quantitative estimate of drug-likeness (QED) is 0.910. The first-order chi connectivity index (χ1) is 9.78. The van der Waals surface area contributed by atoms with Crippen LogP contribution in [0.2, 0.25) is 10.0 Å². The van der Waals surface area contributed by atoms with Crippen LogP contribution in [0, 0.1) is 19.8 Å². The lowest BCUT2D eigenvalue weighted by Gasteiger charge is -2.31. The van der Waals surface area contributed by atoms with E-state index in [1.165, 1.54) is 4.31 Å². The topological polar surface area (TPSA) is 57.6 Å². The standard InChI is InChI=1S/C14H19Cl2NO3S/c1-9-6-12(15)10(2)14(13(9)16)21(19,20)17-5-3-4-11(7-17)8-18/h6,11,18H,3-5,7-8H2,1-2H3. The van der Waals surface area contributed by atoms with E-state index in [9.17, 15) is 13.5 Å². The highest BCUT2D eigenvalue weighted by Crippen LogP contribution is 2.36. The minimum absolute atomic E-state index is 0.00664. The molecule has 1 unspecified atom stereocenters. The van der Waals surface area contributed by atoms with Crippen LogP contribution in [0.15, 0.2) is 11.0 Å². The summed E-state index contributed by atoms with van der Waals surface area (Å²) in [6.07, 6.45) is 1.57. The van der Waals surface area contributed by atoms with Crippen LogP contribution in [0.1, 0.15) is 24.0 Å². The molecular weight excluding hydrogens is 333 g/mol. The molecule has 0 amide bonds. The molecule has 1 atom stereocenters. The van der Waals surface area contributed by atoms with Crippen molar-refractivity contribution in [1.29, 1.82) is 0 Å². The lowest BCUT2D eigenvalue weighted by Crippen LogP contribution is -2.41. The molecule has 1 aliphatic heterocycles. The number of hydrogen-bond acceptors (Lipinski definition) is 3. The van der Waals surface area contributed by atoms with Crippen molar-refractivity contribution in [2.24, 2.45) is 5.92 Å². The van der Waals surface area contributed by atoms with Crippen molar-refractivity contribution in [2.75, 3.05) is 19.7 Å². The highest BCUT2D eigenvalue weighted by Gasteiger charge is 2.33. The molecule has 1 aromatic carbocycles. The van der Waals surface area contributed by atoms with Gasteiger partial charge < -0.3 is 5.11 Å². The van der Waals surface area contributed by atoms with E-state index in [1.54, 1.807) is 19.9 Å². The second-order valence-corrected chi connectivity index (χ2v) is 8.16. The lowest BCUT2D eigenvalue weighted by molar-refractivity contribution is 0.165. The van der Waals surface area contributed by atoms with Gasteiger partial charge in [-0.05, 0) is 49.8 Å². The Morgan fingerprint density at radius 3 is 2.67 bits per heavy atom. The van der Waals surface area contributed by atoms with Gasteiger partial charge in [0.05, 0.1) is 5.02 Å². The Bertz CT molecular complexity index is 620. The van der Waals surface area contributed by atoms with E-state index >= 15 is 0 Å². The molecule has 0 aliphatic carbocycles.